The van der Waals surface area contributed by atoms with Gasteiger partial charge in [0.2, 0.25) is 5.91 Å². The zero-order valence-electron chi connectivity index (χ0n) is 11.4. The number of nitrogens with one attached hydrogen (secondary N) is 1. The van der Waals surface area contributed by atoms with Gasteiger partial charge in [-0.3, -0.25) is 4.79 Å². The summed E-state index contributed by atoms with van der Waals surface area (Å²) in [6.07, 6.45) is 2.52. The van der Waals surface area contributed by atoms with E-state index < -0.39 is 0 Å². The van der Waals surface area contributed by atoms with E-state index in [0.717, 1.165) is 24.9 Å². The van der Waals surface area contributed by atoms with Crippen molar-refractivity contribution in [1.82, 2.24) is 10.2 Å². The SMILES string of the molecule is CCCCC(=O)N1CCNCC1c1cccc(F)c1. The highest BCUT2D eigenvalue weighted by Gasteiger charge is 2.27. The van der Waals surface area contributed by atoms with E-state index in [4.69, 9.17) is 0 Å². The molecule has 3 nitrogen and oxygen atoms in total. The lowest BCUT2D eigenvalue weighted by Crippen LogP contribution is -2.48. The lowest BCUT2D eigenvalue weighted by Gasteiger charge is -2.36. The molecule has 1 fully saturated rings. The maximum absolute atomic E-state index is 13.3. The Kier molecular flexibility index (Phi) is 4.91. The van der Waals surface area contributed by atoms with E-state index in [1.54, 1.807) is 6.07 Å². The van der Waals surface area contributed by atoms with Gasteiger partial charge in [-0.1, -0.05) is 25.5 Å². The molecule has 1 saturated heterocycles. The molecule has 0 aromatic heterocycles. The lowest BCUT2D eigenvalue weighted by atomic mass is 10.0. The Balaban J connectivity index is 2.13. The van der Waals surface area contributed by atoms with Crippen LogP contribution in [0.25, 0.3) is 0 Å². The zero-order valence-corrected chi connectivity index (χ0v) is 11.4. The van der Waals surface area contributed by atoms with Gasteiger partial charge in [-0.05, 0) is 24.1 Å². The topological polar surface area (TPSA) is 32.3 Å². The second-order valence-electron chi connectivity index (χ2n) is 4.97. The molecule has 0 spiro atoms. The van der Waals surface area contributed by atoms with Gasteiger partial charge in [0.25, 0.3) is 0 Å². The van der Waals surface area contributed by atoms with E-state index in [1.165, 1.54) is 12.1 Å². The van der Waals surface area contributed by atoms with E-state index in [2.05, 4.69) is 12.2 Å². The standard InChI is InChI=1S/C15H21FN2O/c1-2-3-7-15(19)18-9-8-17-11-14(18)12-5-4-6-13(16)10-12/h4-6,10,14,17H,2-3,7-9,11H2,1H3. The van der Waals surface area contributed by atoms with Crippen LogP contribution in [-0.4, -0.2) is 30.4 Å². The van der Waals surface area contributed by atoms with Crippen LogP contribution in [0.2, 0.25) is 0 Å². The molecule has 1 amide bonds. The van der Waals surface area contributed by atoms with Crippen LogP contribution in [0, 0.1) is 5.82 Å². The Morgan fingerprint density at radius 1 is 1.53 bits per heavy atom. The molecule has 1 aromatic rings. The highest BCUT2D eigenvalue weighted by molar-refractivity contribution is 5.76. The molecule has 19 heavy (non-hydrogen) atoms. The van der Waals surface area contributed by atoms with Crippen molar-refractivity contribution in [2.45, 2.75) is 32.2 Å². The second-order valence-corrected chi connectivity index (χ2v) is 4.97. The second kappa shape index (κ2) is 6.66. The van der Waals surface area contributed by atoms with Gasteiger partial charge in [0.15, 0.2) is 0 Å². The summed E-state index contributed by atoms with van der Waals surface area (Å²) in [7, 11) is 0. The molecule has 1 aromatic carbocycles. The molecule has 0 radical (unpaired) electrons. The minimum atomic E-state index is -0.246. The van der Waals surface area contributed by atoms with Crippen LogP contribution in [0.4, 0.5) is 4.39 Å². The molecular formula is C15H21FN2O. The molecule has 2 rings (SSSR count). The van der Waals surface area contributed by atoms with E-state index >= 15 is 0 Å². The number of unbranched alkanes of at least 4 members (excludes halogenated alkanes) is 1. The van der Waals surface area contributed by atoms with Crippen LogP contribution < -0.4 is 5.32 Å². The van der Waals surface area contributed by atoms with Crippen molar-refractivity contribution in [3.05, 3.63) is 35.6 Å². The number of hydrogen-bond acceptors (Lipinski definition) is 2. The Morgan fingerprint density at radius 3 is 3.11 bits per heavy atom. The van der Waals surface area contributed by atoms with Gasteiger partial charge in [-0.15, -0.1) is 0 Å². The Labute approximate surface area is 113 Å². The fraction of sp³-hybridized carbons (Fsp3) is 0.533. The molecule has 4 heteroatoms. The largest absolute Gasteiger partial charge is 0.333 e. The van der Waals surface area contributed by atoms with Gasteiger partial charge in [0, 0.05) is 26.1 Å². The first-order chi connectivity index (χ1) is 9.22. The summed E-state index contributed by atoms with van der Waals surface area (Å²) in [5.74, 6) is -0.0679. The molecule has 1 N–H and O–H groups in total. The normalized spacial score (nSPS) is 19.5. The summed E-state index contributed by atoms with van der Waals surface area (Å²) in [4.78, 5) is 14.1. The number of rotatable bonds is 4. The molecule has 1 aliphatic rings. The summed E-state index contributed by atoms with van der Waals surface area (Å²) in [6, 6.07) is 6.50. The Bertz CT molecular complexity index is 436. The van der Waals surface area contributed by atoms with Crippen LogP contribution in [0.15, 0.2) is 24.3 Å². The van der Waals surface area contributed by atoms with Crippen molar-refractivity contribution >= 4 is 5.91 Å². The van der Waals surface area contributed by atoms with E-state index in [0.29, 0.717) is 19.5 Å². The third kappa shape index (κ3) is 3.53. The average Bonchev–Trinajstić information content (AvgIpc) is 2.45. The summed E-state index contributed by atoms with van der Waals surface area (Å²) in [5.41, 5.74) is 0.872. The first-order valence-electron chi connectivity index (χ1n) is 6.98. The number of benzene rings is 1. The first-order valence-corrected chi connectivity index (χ1v) is 6.98. The van der Waals surface area contributed by atoms with Crippen molar-refractivity contribution in [2.75, 3.05) is 19.6 Å². The van der Waals surface area contributed by atoms with Crippen molar-refractivity contribution in [2.24, 2.45) is 0 Å². The Hall–Kier alpha value is -1.42. The van der Waals surface area contributed by atoms with Gasteiger partial charge in [0.1, 0.15) is 5.82 Å². The molecule has 0 aliphatic carbocycles. The quantitative estimate of drug-likeness (QED) is 0.906. The first kappa shape index (κ1) is 14.0. The third-order valence-electron chi connectivity index (χ3n) is 3.54. The number of halogens is 1. The molecule has 0 saturated carbocycles. The van der Waals surface area contributed by atoms with Crippen LogP contribution >= 0.6 is 0 Å². The van der Waals surface area contributed by atoms with E-state index in [9.17, 15) is 9.18 Å². The lowest BCUT2D eigenvalue weighted by molar-refractivity contribution is -0.134. The van der Waals surface area contributed by atoms with Crippen molar-refractivity contribution in [3.8, 4) is 0 Å². The summed E-state index contributed by atoms with van der Waals surface area (Å²) < 4.78 is 13.3. The van der Waals surface area contributed by atoms with Crippen LogP contribution in [-0.2, 0) is 4.79 Å². The number of nitrogens with zero attached hydrogens (tertiary/aromatic N) is 1. The molecule has 104 valence electrons. The average molecular weight is 264 g/mol. The summed E-state index contributed by atoms with van der Waals surface area (Å²) in [6.45, 7) is 4.28. The minimum absolute atomic E-state index is 0.0474. The fourth-order valence-corrected chi connectivity index (χ4v) is 2.49. The molecule has 0 bridgehead atoms. The van der Waals surface area contributed by atoms with Gasteiger partial charge in [-0.25, -0.2) is 4.39 Å². The highest BCUT2D eigenvalue weighted by atomic mass is 19.1. The summed E-state index contributed by atoms with van der Waals surface area (Å²) in [5, 5.41) is 3.28. The maximum atomic E-state index is 13.3. The number of amides is 1. The van der Waals surface area contributed by atoms with E-state index in [1.807, 2.05) is 11.0 Å². The molecule has 1 aliphatic heterocycles. The Morgan fingerprint density at radius 2 is 2.37 bits per heavy atom. The smallest absolute Gasteiger partial charge is 0.223 e. The number of carbonyl (C=O) groups is 1. The van der Waals surface area contributed by atoms with Crippen molar-refractivity contribution in [3.63, 3.8) is 0 Å². The van der Waals surface area contributed by atoms with Crippen LogP contribution in [0.1, 0.15) is 37.8 Å². The highest BCUT2D eigenvalue weighted by Crippen LogP contribution is 2.24. The van der Waals surface area contributed by atoms with E-state index in [-0.39, 0.29) is 17.8 Å². The molecule has 1 atom stereocenters. The van der Waals surface area contributed by atoms with Crippen LogP contribution in [0.5, 0.6) is 0 Å². The van der Waals surface area contributed by atoms with Crippen LogP contribution in [0.3, 0.4) is 0 Å². The maximum Gasteiger partial charge on any atom is 0.223 e. The van der Waals surface area contributed by atoms with Gasteiger partial charge in [0.05, 0.1) is 6.04 Å². The number of piperazine rings is 1. The third-order valence-corrected chi connectivity index (χ3v) is 3.54. The number of hydrogen-bond donors (Lipinski definition) is 1. The predicted octanol–water partition coefficient (Wildman–Crippen LogP) is 2.49. The van der Waals surface area contributed by atoms with Gasteiger partial charge >= 0.3 is 0 Å². The monoisotopic (exact) mass is 264 g/mol. The minimum Gasteiger partial charge on any atom is -0.333 e. The number of carbonyl (C=O) groups excluding carboxylic acids is 1. The predicted molar refractivity (Wildman–Crippen MR) is 73.2 cm³/mol. The molecular weight excluding hydrogens is 243 g/mol. The zero-order chi connectivity index (χ0) is 13.7. The van der Waals surface area contributed by atoms with Crippen molar-refractivity contribution in [1.29, 1.82) is 0 Å². The van der Waals surface area contributed by atoms with Gasteiger partial charge < -0.3 is 10.2 Å². The van der Waals surface area contributed by atoms with Gasteiger partial charge in [-0.2, -0.15) is 0 Å². The fourth-order valence-electron chi connectivity index (χ4n) is 2.49. The molecule has 1 heterocycles. The summed E-state index contributed by atoms with van der Waals surface area (Å²) >= 11 is 0. The van der Waals surface area contributed by atoms with Crippen molar-refractivity contribution < 1.29 is 9.18 Å². The molecule has 1 unspecified atom stereocenters.